The smallest absolute Gasteiger partial charge is 0.227 e. The van der Waals surface area contributed by atoms with Crippen LogP contribution in [0.2, 0.25) is 0 Å². The van der Waals surface area contributed by atoms with E-state index in [2.05, 4.69) is 5.32 Å². The fourth-order valence-electron chi connectivity index (χ4n) is 3.97. The van der Waals surface area contributed by atoms with Crippen LogP contribution in [0.5, 0.6) is 0 Å². The van der Waals surface area contributed by atoms with Gasteiger partial charge in [-0.2, -0.15) is 0 Å². The van der Waals surface area contributed by atoms with Crippen molar-refractivity contribution in [3.05, 3.63) is 29.8 Å². The Kier molecular flexibility index (Phi) is 4.27. The summed E-state index contributed by atoms with van der Waals surface area (Å²) in [5.41, 5.74) is 13.8. The normalized spacial score (nSPS) is 31.7. The van der Waals surface area contributed by atoms with Crippen molar-refractivity contribution in [1.82, 2.24) is 0 Å². The van der Waals surface area contributed by atoms with Gasteiger partial charge in [0, 0.05) is 24.2 Å². The topological polar surface area (TPSA) is 81.1 Å². The molecule has 3 rings (SSSR count). The van der Waals surface area contributed by atoms with Crippen LogP contribution >= 0.6 is 0 Å². The number of anilines is 1. The predicted octanol–water partition coefficient (Wildman–Crippen LogP) is 2.24. The number of fused-ring (bicyclic) bond motifs is 2. The molecule has 0 spiro atoms. The van der Waals surface area contributed by atoms with E-state index in [1.807, 2.05) is 24.3 Å². The lowest BCUT2D eigenvalue weighted by Gasteiger charge is -2.43. The van der Waals surface area contributed by atoms with Gasteiger partial charge in [-0.25, -0.2) is 0 Å². The minimum atomic E-state index is 0.120. The third-order valence-corrected chi connectivity index (χ3v) is 5.24. The molecule has 2 saturated carbocycles. The van der Waals surface area contributed by atoms with Gasteiger partial charge < -0.3 is 16.8 Å². The zero-order valence-electron chi connectivity index (χ0n) is 12.4. The lowest BCUT2D eigenvalue weighted by molar-refractivity contribution is -0.122. The third kappa shape index (κ3) is 3.11. The Labute approximate surface area is 126 Å². The van der Waals surface area contributed by atoms with Crippen LogP contribution in [0, 0.1) is 17.8 Å². The molecular weight excluding hydrogens is 262 g/mol. The van der Waals surface area contributed by atoms with E-state index in [-0.39, 0.29) is 11.8 Å². The number of carbonyl (C=O) groups excluding carboxylic acids is 1. The van der Waals surface area contributed by atoms with E-state index in [0.29, 0.717) is 24.4 Å². The second-order valence-corrected chi connectivity index (χ2v) is 6.59. The minimum Gasteiger partial charge on any atom is -0.327 e. The summed E-state index contributed by atoms with van der Waals surface area (Å²) in [6, 6.07) is 8.08. The van der Waals surface area contributed by atoms with Crippen molar-refractivity contribution in [2.75, 3.05) is 5.32 Å². The molecule has 5 N–H and O–H groups in total. The number of nitrogens with one attached hydrogen (secondary N) is 1. The number of carbonyl (C=O) groups is 1. The molecule has 4 nitrogen and oxygen atoms in total. The summed E-state index contributed by atoms with van der Waals surface area (Å²) in [4.78, 5) is 12.5. The van der Waals surface area contributed by atoms with E-state index in [1.54, 1.807) is 0 Å². The molecule has 0 saturated heterocycles. The van der Waals surface area contributed by atoms with Crippen LogP contribution in [0.3, 0.4) is 0 Å². The maximum absolute atomic E-state index is 12.5. The van der Waals surface area contributed by atoms with Gasteiger partial charge in [0.15, 0.2) is 0 Å². The highest BCUT2D eigenvalue weighted by Crippen LogP contribution is 2.42. The molecule has 1 aromatic carbocycles. The van der Waals surface area contributed by atoms with Crippen molar-refractivity contribution < 1.29 is 4.79 Å². The number of benzene rings is 1. The van der Waals surface area contributed by atoms with E-state index in [1.165, 1.54) is 19.3 Å². The van der Waals surface area contributed by atoms with Crippen molar-refractivity contribution >= 4 is 11.6 Å². The van der Waals surface area contributed by atoms with Crippen LogP contribution in [0.1, 0.15) is 37.7 Å². The third-order valence-electron chi connectivity index (χ3n) is 5.24. The Morgan fingerprint density at radius 2 is 1.76 bits per heavy atom. The van der Waals surface area contributed by atoms with Gasteiger partial charge in [-0.05, 0) is 55.2 Å². The second-order valence-electron chi connectivity index (χ2n) is 6.59. The van der Waals surface area contributed by atoms with Gasteiger partial charge in [0.25, 0.3) is 0 Å². The summed E-state index contributed by atoms with van der Waals surface area (Å²) >= 11 is 0. The fourth-order valence-corrected chi connectivity index (χ4v) is 3.97. The molecule has 2 aliphatic rings. The largest absolute Gasteiger partial charge is 0.327 e. The van der Waals surface area contributed by atoms with Crippen molar-refractivity contribution in [1.29, 1.82) is 0 Å². The Morgan fingerprint density at radius 1 is 1.14 bits per heavy atom. The Morgan fingerprint density at radius 3 is 2.33 bits per heavy atom. The quantitative estimate of drug-likeness (QED) is 0.797. The summed E-state index contributed by atoms with van der Waals surface area (Å²) in [6.45, 7) is 0.526. The first kappa shape index (κ1) is 14.5. The molecule has 2 unspecified atom stereocenters. The number of rotatable bonds is 3. The van der Waals surface area contributed by atoms with Crippen LogP contribution in [0.4, 0.5) is 5.69 Å². The lowest BCUT2D eigenvalue weighted by atomic mass is 9.65. The maximum atomic E-state index is 12.5. The molecule has 2 atom stereocenters. The molecule has 0 heterocycles. The fraction of sp³-hybridized carbons (Fsp3) is 0.588. The van der Waals surface area contributed by atoms with Crippen LogP contribution in [-0.4, -0.2) is 11.9 Å². The molecule has 2 bridgehead atoms. The van der Waals surface area contributed by atoms with Crippen LogP contribution in [-0.2, 0) is 11.3 Å². The summed E-state index contributed by atoms with van der Waals surface area (Å²) < 4.78 is 0. The number of amides is 1. The Balaban J connectivity index is 1.62. The second kappa shape index (κ2) is 6.16. The zero-order chi connectivity index (χ0) is 14.8. The lowest BCUT2D eigenvalue weighted by Crippen LogP contribution is -2.48. The average molecular weight is 287 g/mol. The summed E-state index contributed by atoms with van der Waals surface area (Å²) in [5.74, 6) is 1.34. The predicted molar refractivity (Wildman–Crippen MR) is 84.5 cm³/mol. The average Bonchev–Trinajstić information content (AvgIpc) is 2.47. The SMILES string of the molecule is NCc1ccc(NC(=O)C2CC3CCCC(C2)C3N)cc1. The van der Waals surface area contributed by atoms with E-state index in [0.717, 1.165) is 24.1 Å². The summed E-state index contributed by atoms with van der Waals surface area (Å²) in [5, 5.41) is 3.05. The molecule has 0 aliphatic heterocycles. The molecule has 114 valence electrons. The maximum Gasteiger partial charge on any atom is 0.227 e. The summed E-state index contributed by atoms with van der Waals surface area (Å²) in [7, 11) is 0. The van der Waals surface area contributed by atoms with Gasteiger partial charge in [-0.1, -0.05) is 18.6 Å². The van der Waals surface area contributed by atoms with Gasteiger partial charge in [0.2, 0.25) is 5.91 Å². The van der Waals surface area contributed by atoms with Gasteiger partial charge >= 0.3 is 0 Å². The molecule has 1 aromatic rings. The minimum absolute atomic E-state index is 0.120. The van der Waals surface area contributed by atoms with Gasteiger partial charge in [-0.3, -0.25) is 4.79 Å². The molecule has 2 fully saturated rings. The highest BCUT2D eigenvalue weighted by molar-refractivity contribution is 5.92. The van der Waals surface area contributed by atoms with Crippen molar-refractivity contribution in [3.8, 4) is 0 Å². The number of hydrogen-bond acceptors (Lipinski definition) is 3. The van der Waals surface area contributed by atoms with Gasteiger partial charge in [0.05, 0.1) is 0 Å². The number of nitrogens with two attached hydrogens (primary N) is 2. The first-order valence-corrected chi connectivity index (χ1v) is 8.03. The molecule has 2 aliphatic carbocycles. The monoisotopic (exact) mass is 287 g/mol. The first-order valence-electron chi connectivity index (χ1n) is 8.03. The van der Waals surface area contributed by atoms with Crippen molar-refractivity contribution in [3.63, 3.8) is 0 Å². The molecule has 21 heavy (non-hydrogen) atoms. The van der Waals surface area contributed by atoms with E-state index in [9.17, 15) is 4.79 Å². The molecular formula is C17H25N3O. The molecule has 0 radical (unpaired) electrons. The van der Waals surface area contributed by atoms with Crippen LogP contribution in [0.25, 0.3) is 0 Å². The van der Waals surface area contributed by atoms with Crippen molar-refractivity contribution in [2.45, 2.75) is 44.7 Å². The van der Waals surface area contributed by atoms with Crippen LogP contribution in [0.15, 0.2) is 24.3 Å². The highest BCUT2D eigenvalue weighted by Gasteiger charge is 2.40. The van der Waals surface area contributed by atoms with Crippen molar-refractivity contribution in [2.24, 2.45) is 29.2 Å². The van der Waals surface area contributed by atoms with E-state index in [4.69, 9.17) is 11.5 Å². The van der Waals surface area contributed by atoms with Gasteiger partial charge in [-0.15, -0.1) is 0 Å². The number of hydrogen-bond donors (Lipinski definition) is 3. The summed E-state index contributed by atoms with van der Waals surface area (Å²) in [6.07, 6.45) is 5.55. The molecule has 0 aromatic heterocycles. The Hall–Kier alpha value is -1.39. The first-order chi connectivity index (χ1) is 10.2. The zero-order valence-corrected chi connectivity index (χ0v) is 12.4. The van der Waals surface area contributed by atoms with E-state index >= 15 is 0 Å². The molecule has 4 heteroatoms. The van der Waals surface area contributed by atoms with Gasteiger partial charge in [0.1, 0.15) is 0 Å². The van der Waals surface area contributed by atoms with Crippen LogP contribution < -0.4 is 16.8 Å². The standard InChI is InChI=1S/C17H25N3O/c18-10-11-4-6-15(7-5-11)20-17(21)14-8-12-2-1-3-13(9-14)16(12)19/h4-7,12-14,16H,1-3,8-10,18-19H2,(H,20,21). The van der Waals surface area contributed by atoms with E-state index < -0.39 is 0 Å². The Bertz CT molecular complexity index is 485. The molecule has 1 amide bonds. The highest BCUT2D eigenvalue weighted by atomic mass is 16.1.